The zero-order chi connectivity index (χ0) is 15.1. The third kappa shape index (κ3) is 5.92. The van der Waals surface area contributed by atoms with Gasteiger partial charge in [-0.3, -0.25) is 10.5 Å². The lowest BCUT2D eigenvalue weighted by Gasteiger charge is -2.23. The summed E-state index contributed by atoms with van der Waals surface area (Å²) in [4.78, 5) is 20.2. The van der Waals surface area contributed by atoms with Gasteiger partial charge in [0.2, 0.25) is 5.72 Å². The number of hydrogen-bond acceptors (Lipinski definition) is 6. The fourth-order valence-corrected chi connectivity index (χ4v) is 0.590. The maximum absolute atomic E-state index is 10.2. The topological polar surface area (TPSA) is 167 Å². The highest BCUT2D eigenvalue weighted by Gasteiger charge is 2.36. The predicted octanol–water partition coefficient (Wildman–Crippen LogP) is -1.45. The molecule has 8 N–H and O–H groups in total. The van der Waals surface area contributed by atoms with Gasteiger partial charge in [0.15, 0.2) is 0 Å². The van der Waals surface area contributed by atoms with Gasteiger partial charge in [-0.25, -0.2) is 4.79 Å². The third-order valence-corrected chi connectivity index (χ3v) is 2.52. The minimum absolute atomic E-state index is 0.426. The van der Waals surface area contributed by atoms with Crippen LogP contribution in [0, 0.1) is 5.92 Å². The number of carboxylic acids is 2. The van der Waals surface area contributed by atoms with Gasteiger partial charge in [-0.2, -0.15) is 0 Å². The highest BCUT2D eigenvalue weighted by atomic mass is 16.4. The number of carboxylic acid groups (broad SMARTS) is 2. The first kappa shape index (κ1) is 19.1. The van der Waals surface area contributed by atoms with Gasteiger partial charge in [0.05, 0.1) is 6.61 Å². The summed E-state index contributed by atoms with van der Waals surface area (Å²) in [7, 11) is 0. The molecule has 8 nitrogen and oxygen atoms in total. The summed E-state index contributed by atoms with van der Waals surface area (Å²) in [5.41, 5.74) is 6.52. The molecule has 0 aliphatic heterocycles. The zero-order valence-corrected chi connectivity index (χ0v) is 10.8. The van der Waals surface area contributed by atoms with Crippen LogP contribution >= 0.6 is 0 Å². The molecule has 0 rings (SSSR count). The van der Waals surface area contributed by atoms with Crippen LogP contribution in [0.15, 0.2) is 0 Å². The van der Waals surface area contributed by atoms with E-state index in [1.54, 1.807) is 13.8 Å². The summed E-state index contributed by atoms with van der Waals surface area (Å²) in [5, 5.41) is 33.8. The third-order valence-electron chi connectivity index (χ3n) is 2.52. The van der Waals surface area contributed by atoms with Crippen molar-refractivity contribution in [3.05, 3.63) is 0 Å². The number of aliphatic carboxylic acids is 2. The van der Waals surface area contributed by atoms with Crippen LogP contribution in [-0.2, 0) is 9.59 Å². The molecule has 0 bridgehead atoms. The Labute approximate surface area is 105 Å². The molecule has 3 unspecified atom stereocenters. The van der Waals surface area contributed by atoms with E-state index in [0.717, 1.165) is 0 Å². The number of aliphatic hydroxyl groups excluding tert-OH is 1. The molecular weight excluding hydrogens is 244 g/mol. The highest BCUT2D eigenvalue weighted by Crippen LogP contribution is 2.14. The predicted molar refractivity (Wildman–Crippen MR) is 63.5 cm³/mol. The summed E-state index contributed by atoms with van der Waals surface area (Å²) in [5.74, 6) is -2.99. The van der Waals surface area contributed by atoms with Gasteiger partial charge >= 0.3 is 11.9 Å². The van der Waals surface area contributed by atoms with Crippen molar-refractivity contribution in [2.75, 3.05) is 6.61 Å². The van der Waals surface area contributed by atoms with Crippen molar-refractivity contribution < 1.29 is 30.0 Å². The fourth-order valence-electron chi connectivity index (χ4n) is 0.590. The maximum Gasteiger partial charge on any atom is 0.351 e. The second kappa shape index (κ2) is 7.27. The average Bonchev–Trinajstić information content (AvgIpc) is 2.28. The van der Waals surface area contributed by atoms with E-state index in [9.17, 15) is 9.59 Å². The molecule has 0 aliphatic carbocycles. The summed E-state index contributed by atoms with van der Waals surface area (Å²) >= 11 is 0. The molecule has 108 valence electrons. The largest absolute Gasteiger partial charge is 0.480 e. The van der Waals surface area contributed by atoms with Crippen LogP contribution < -0.4 is 11.5 Å². The molecule has 18 heavy (non-hydrogen) atoms. The summed E-state index contributed by atoms with van der Waals surface area (Å²) in [6.45, 7) is 4.07. The molecule has 0 spiro atoms. The SMILES string of the molecule is CC(N)(CO)C(=O)O.CCC(C)C(N)(O)C(=O)O. The van der Waals surface area contributed by atoms with Gasteiger partial charge in [-0.05, 0) is 13.3 Å². The van der Waals surface area contributed by atoms with E-state index < -0.39 is 35.7 Å². The molecule has 0 aromatic carbocycles. The summed E-state index contributed by atoms with van der Waals surface area (Å²) in [6.07, 6.45) is 0.541. The van der Waals surface area contributed by atoms with E-state index in [1.165, 1.54) is 6.92 Å². The Hall–Kier alpha value is -1.22. The van der Waals surface area contributed by atoms with Crippen LogP contribution in [-0.4, -0.2) is 50.2 Å². The van der Waals surface area contributed by atoms with Crippen molar-refractivity contribution >= 4 is 11.9 Å². The van der Waals surface area contributed by atoms with E-state index in [4.69, 9.17) is 31.9 Å². The zero-order valence-electron chi connectivity index (χ0n) is 10.8. The quantitative estimate of drug-likeness (QED) is 0.328. The number of carbonyl (C=O) groups is 2. The second-order valence-electron chi connectivity index (χ2n) is 4.32. The van der Waals surface area contributed by atoms with Crippen LogP contribution in [0.4, 0.5) is 0 Å². The molecular formula is C10H22N2O6. The monoisotopic (exact) mass is 266 g/mol. The minimum atomic E-state index is -2.07. The van der Waals surface area contributed by atoms with Crippen molar-refractivity contribution in [3.63, 3.8) is 0 Å². The first-order valence-corrected chi connectivity index (χ1v) is 5.31. The minimum Gasteiger partial charge on any atom is -0.480 e. The molecule has 8 heteroatoms. The first-order valence-electron chi connectivity index (χ1n) is 5.31. The van der Waals surface area contributed by atoms with Crippen molar-refractivity contribution in [1.29, 1.82) is 0 Å². The fraction of sp³-hybridized carbons (Fsp3) is 0.800. The smallest absolute Gasteiger partial charge is 0.351 e. The Balaban J connectivity index is 0. The Morgan fingerprint density at radius 1 is 1.22 bits per heavy atom. The van der Waals surface area contributed by atoms with Gasteiger partial charge in [0.1, 0.15) is 5.54 Å². The van der Waals surface area contributed by atoms with E-state index in [-0.39, 0.29) is 0 Å². The van der Waals surface area contributed by atoms with Gasteiger partial charge < -0.3 is 26.2 Å². The van der Waals surface area contributed by atoms with Crippen molar-refractivity contribution in [2.45, 2.75) is 38.5 Å². The molecule has 0 aliphatic rings. The molecule has 0 saturated heterocycles. The molecule has 0 aromatic rings. The summed E-state index contributed by atoms with van der Waals surface area (Å²) < 4.78 is 0. The molecule has 0 heterocycles. The van der Waals surface area contributed by atoms with E-state index in [0.29, 0.717) is 6.42 Å². The lowest BCUT2D eigenvalue weighted by molar-refractivity contribution is -0.163. The van der Waals surface area contributed by atoms with Gasteiger partial charge in [-0.15, -0.1) is 0 Å². The van der Waals surface area contributed by atoms with E-state index in [1.807, 2.05) is 0 Å². The molecule has 0 radical (unpaired) electrons. The van der Waals surface area contributed by atoms with Crippen LogP contribution in [0.25, 0.3) is 0 Å². The number of hydrogen-bond donors (Lipinski definition) is 6. The second-order valence-corrected chi connectivity index (χ2v) is 4.32. The van der Waals surface area contributed by atoms with Crippen LogP contribution in [0.3, 0.4) is 0 Å². The Morgan fingerprint density at radius 3 is 1.67 bits per heavy atom. The molecule has 0 aromatic heterocycles. The van der Waals surface area contributed by atoms with Gasteiger partial charge in [0.25, 0.3) is 0 Å². The standard InChI is InChI=1S/C6H13NO3.C4H9NO3/c1-3-4(2)6(7,10)5(8)9;1-4(5,2-6)3(7)8/h4,10H,3,7H2,1-2H3,(H,8,9);6H,2,5H2,1H3,(H,7,8). The van der Waals surface area contributed by atoms with Crippen LogP contribution in [0.1, 0.15) is 27.2 Å². The number of aliphatic hydroxyl groups is 2. The number of rotatable bonds is 5. The van der Waals surface area contributed by atoms with Crippen LogP contribution in [0.2, 0.25) is 0 Å². The lowest BCUT2D eigenvalue weighted by Crippen LogP contribution is -2.53. The Kier molecular flexibility index (Phi) is 7.72. The Bertz CT molecular complexity index is 290. The van der Waals surface area contributed by atoms with E-state index in [2.05, 4.69) is 0 Å². The molecule has 3 atom stereocenters. The van der Waals surface area contributed by atoms with Gasteiger partial charge in [-0.1, -0.05) is 13.8 Å². The highest BCUT2D eigenvalue weighted by molar-refractivity contribution is 5.78. The van der Waals surface area contributed by atoms with Crippen LogP contribution in [0.5, 0.6) is 0 Å². The first-order chi connectivity index (χ1) is 7.93. The number of nitrogens with two attached hydrogens (primary N) is 2. The molecule has 0 fully saturated rings. The normalized spacial score (nSPS) is 18.6. The average molecular weight is 266 g/mol. The Morgan fingerprint density at radius 2 is 1.61 bits per heavy atom. The van der Waals surface area contributed by atoms with Crippen molar-refractivity contribution in [3.8, 4) is 0 Å². The molecule has 0 saturated carbocycles. The van der Waals surface area contributed by atoms with Gasteiger partial charge in [0, 0.05) is 5.92 Å². The summed E-state index contributed by atoms with van der Waals surface area (Å²) in [6, 6.07) is 0. The van der Waals surface area contributed by atoms with E-state index >= 15 is 0 Å². The van der Waals surface area contributed by atoms with Crippen molar-refractivity contribution in [2.24, 2.45) is 17.4 Å². The van der Waals surface area contributed by atoms with Crippen molar-refractivity contribution in [1.82, 2.24) is 0 Å². The lowest BCUT2D eigenvalue weighted by atomic mass is 9.96. The molecule has 0 amide bonds. The maximum atomic E-state index is 10.2.